The molecule has 1 aromatic rings. The first-order valence-electron chi connectivity index (χ1n) is 10.7. The van der Waals surface area contributed by atoms with Crippen LogP contribution in [0.25, 0.3) is 5.57 Å². The van der Waals surface area contributed by atoms with Crippen LogP contribution in [0.4, 0.5) is 5.69 Å². The molecule has 0 aromatic heterocycles. The van der Waals surface area contributed by atoms with Crippen LogP contribution in [0.15, 0.2) is 30.0 Å². The van der Waals surface area contributed by atoms with Gasteiger partial charge in [-0.05, 0) is 24.1 Å². The van der Waals surface area contributed by atoms with Crippen molar-refractivity contribution in [1.29, 1.82) is 0 Å². The van der Waals surface area contributed by atoms with Gasteiger partial charge in [-0.3, -0.25) is 19.3 Å². The second kappa shape index (κ2) is 11.5. The van der Waals surface area contributed by atoms with Gasteiger partial charge in [0.1, 0.15) is 5.70 Å². The smallest absolute Gasteiger partial charge is 0.277 e. The molecule has 0 atom stereocenters. The highest BCUT2D eigenvalue weighted by atomic mass is 16.3. The summed E-state index contributed by atoms with van der Waals surface area (Å²) in [6.45, 7) is 4.13. The molecule has 3 amide bonds. The van der Waals surface area contributed by atoms with Gasteiger partial charge in [0, 0.05) is 32.7 Å². The lowest BCUT2D eigenvalue weighted by atomic mass is 10.0. The van der Waals surface area contributed by atoms with Crippen LogP contribution in [0.2, 0.25) is 0 Å². The Balaban J connectivity index is 2.21. The minimum Gasteiger partial charge on any atom is -0.395 e. The van der Waals surface area contributed by atoms with E-state index in [1.165, 1.54) is 31.1 Å². The number of hydrogen-bond acceptors (Lipinski definition) is 5. The minimum absolute atomic E-state index is 0.117. The molecule has 0 saturated heterocycles. The molecule has 0 spiro atoms. The van der Waals surface area contributed by atoms with E-state index < -0.39 is 0 Å². The molecule has 1 aliphatic heterocycles. The molecule has 0 unspecified atom stereocenters. The van der Waals surface area contributed by atoms with E-state index in [-0.39, 0.29) is 30.9 Å². The fourth-order valence-electron chi connectivity index (χ4n) is 3.62. The van der Waals surface area contributed by atoms with Gasteiger partial charge in [0.2, 0.25) is 5.91 Å². The Hall–Kier alpha value is -2.67. The third-order valence-corrected chi connectivity index (χ3v) is 5.19. The van der Waals surface area contributed by atoms with E-state index in [0.717, 1.165) is 19.3 Å². The zero-order valence-electron chi connectivity index (χ0n) is 18.2. The summed E-state index contributed by atoms with van der Waals surface area (Å²) >= 11 is 0. The average molecular weight is 416 g/mol. The van der Waals surface area contributed by atoms with Crippen LogP contribution in [0.5, 0.6) is 0 Å². The number of carbonyl (C=O) groups excluding carboxylic acids is 3. The first kappa shape index (κ1) is 23.6. The van der Waals surface area contributed by atoms with Gasteiger partial charge >= 0.3 is 0 Å². The fraction of sp³-hybridized carbons (Fsp3) is 0.522. The highest BCUT2D eigenvalue weighted by Crippen LogP contribution is 2.32. The van der Waals surface area contributed by atoms with Crippen molar-refractivity contribution >= 4 is 29.0 Å². The van der Waals surface area contributed by atoms with Crippen LogP contribution in [0, 0.1) is 0 Å². The third kappa shape index (κ3) is 5.92. The Kier molecular flexibility index (Phi) is 9.05. The van der Waals surface area contributed by atoms with E-state index >= 15 is 0 Å². The number of likely N-dealkylation sites (N-methyl/N-ethyl adjacent to an activating group) is 1. The summed E-state index contributed by atoms with van der Waals surface area (Å²) in [4.78, 5) is 40.4. The van der Waals surface area contributed by atoms with Crippen molar-refractivity contribution in [2.75, 3.05) is 32.1 Å². The molecule has 30 heavy (non-hydrogen) atoms. The summed E-state index contributed by atoms with van der Waals surface area (Å²) in [5.74, 6) is -0.798. The molecule has 2 N–H and O–H groups in total. The van der Waals surface area contributed by atoms with E-state index in [0.29, 0.717) is 29.1 Å². The maximum Gasteiger partial charge on any atom is 0.277 e. The van der Waals surface area contributed by atoms with Crippen molar-refractivity contribution in [3.05, 3.63) is 35.5 Å². The monoisotopic (exact) mass is 415 g/mol. The Morgan fingerprint density at radius 3 is 2.27 bits per heavy atom. The van der Waals surface area contributed by atoms with Gasteiger partial charge in [0.15, 0.2) is 0 Å². The van der Waals surface area contributed by atoms with Crippen LogP contribution in [0.1, 0.15) is 57.9 Å². The molecule has 0 saturated carbocycles. The van der Waals surface area contributed by atoms with Crippen LogP contribution in [0.3, 0.4) is 0 Å². The van der Waals surface area contributed by atoms with E-state index in [1.807, 2.05) is 0 Å². The van der Waals surface area contributed by atoms with E-state index in [9.17, 15) is 19.5 Å². The summed E-state index contributed by atoms with van der Waals surface area (Å²) in [5.41, 5.74) is 1.90. The lowest BCUT2D eigenvalue weighted by Gasteiger charge is -2.20. The topological polar surface area (TPSA) is 90.0 Å². The molecular formula is C23H33N3O4. The lowest BCUT2D eigenvalue weighted by molar-refractivity contribution is -0.137. The van der Waals surface area contributed by atoms with Gasteiger partial charge in [-0.1, -0.05) is 51.2 Å². The molecule has 0 fully saturated rings. The highest BCUT2D eigenvalue weighted by Gasteiger charge is 2.40. The van der Waals surface area contributed by atoms with Gasteiger partial charge in [0.05, 0.1) is 12.2 Å². The molecule has 1 heterocycles. The van der Waals surface area contributed by atoms with Crippen molar-refractivity contribution in [3.63, 3.8) is 0 Å². The average Bonchev–Trinajstić information content (AvgIpc) is 2.95. The van der Waals surface area contributed by atoms with E-state index in [4.69, 9.17) is 0 Å². The summed E-state index contributed by atoms with van der Waals surface area (Å²) < 4.78 is 0. The van der Waals surface area contributed by atoms with Crippen molar-refractivity contribution in [3.8, 4) is 0 Å². The van der Waals surface area contributed by atoms with Gasteiger partial charge in [-0.2, -0.15) is 0 Å². The molecular weight excluding hydrogens is 382 g/mol. The minimum atomic E-state index is -0.314. The zero-order chi connectivity index (χ0) is 22.1. The second-order valence-electron chi connectivity index (χ2n) is 7.66. The number of nitrogens with zero attached hydrogens (tertiary/aromatic N) is 2. The standard InChI is InChI=1S/C23H33N3O4/c1-4-5-6-7-8-9-14-26-22(29)20(21(23(26)30)25(3)15-16-27)18-10-12-19(13-11-18)24-17(2)28/h10-13,27H,4-9,14-16H2,1-3H3,(H,24,28). The summed E-state index contributed by atoms with van der Waals surface area (Å²) in [6.07, 6.45) is 6.43. The molecule has 7 nitrogen and oxygen atoms in total. The number of nitrogens with one attached hydrogen (secondary N) is 1. The number of hydrogen-bond donors (Lipinski definition) is 2. The van der Waals surface area contributed by atoms with E-state index in [2.05, 4.69) is 12.2 Å². The number of amides is 3. The summed E-state index contributed by atoms with van der Waals surface area (Å²) in [5, 5.41) is 12.0. The normalized spacial score (nSPS) is 13.9. The SMILES string of the molecule is CCCCCCCCN1C(=O)C(c2ccc(NC(C)=O)cc2)=C(N(C)CCO)C1=O. The predicted octanol–water partition coefficient (Wildman–Crippen LogP) is 3.01. The Labute approximate surface area is 178 Å². The molecule has 2 rings (SSSR count). The van der Waals surface area contributed by atoms with Gasteiger partial charge in [0.25, 0.3) is 11.8 Å². The lowest BCUT2D eigenvalue weighted by Crippen LogP contribution is -2.35. The number of imide groups is 1. The number of unbranched alkanes of at least 4 members (excludes halogenated alkanes) is 5. The second-order valence-corrected chi connectivity index (χ2v) is 7.66. The molecule has 164 valence electrons. The van der Waals surface area contributed by atoms with Crippen molar-refractivity contribution in [1.82, 2.24) is 9.80 Å². The van der Waals surface area contributed by atoms with Crippen molar-refractivity contribution < 1.29 is 19.5 Å². The number of aliphatic hydroxyl groups is 1. The molecule has 0 aliphatic carbocycles. The zero-order valence-corrected chi connectivity index (χ0v) is 18.2. The van der Waals surface area contributed by atoms with Crippen LogP contribution < -0.4 is 5.32 Å². The fourth-order valence-corrected chi connectivity index (χ4v) is 3.62. The number of rotatable bonds is 12. The van der Waals surface area contributed by atoms with Crippen molar-refractivity contribution in [2.45, 2.75) is 52.4 Å². The third-order valence-electron chi connectivity index (χ3n) is 5.19. The van der Waals surface area contributed by atoms with Crippen LogP contribution >= 0.6 is 0 Å². The van der Waals surface area contributed by atoms with E-state index in [1.54, 1.807) is 36.2 Å². The molecule has 0 radical (unpaired) electrons. The highest BCUT2D eigenvalue weighted by molar-refractivity contribution is 6.35. The largest absolute Gasteiger partial charge is 0.395 e. The number of anilines is 1. The first-order valence-corrected chi connectivity index (χ1v) is 10.7. The van der Waals surface area contributed by atoms with Gasteiger partial charge in [-0.25, -0.2) is 0 Å². The molecule has 7 heteroatoms. The molecule has 1 aromatic carbocycles. The number of benzene rings is 1. The first-order chi connectivity index (χ1) is 14.4. The van der Waals surface area contributed by atoms with Gasteiger partial charge in [-0.15, -0.1) is 0 Å². The Morgan fingerprint density at radius 2 is 1.67 bits per heavy atom. The summed E-state index contributed by atoms with van der Waals surface area (Å²) in [7, 11) is 1.71. The van der Waals surface area contributed by atoms with Crippen LogP contribution in [-0.2, 0) is 14.4 Å². The molecule has 0 bridgehead atoms. The molecule has 1 aliphatic rings. The maximum absolute atomic E-state index is 13.2. The Morgan fingerprint density at radius 1 is 1.03 bits per heavy atom. The summed E-state index contributed by atoms with van der Waals surface area (Å²) in [6, 6.07) is 6.88. The van der Waals surface area contributed by atoms with Gasteiger partial charge < -0.3 is 15.3 Å². The quantitative estimate of drug-likeness (QED) is 0.405. The predicted molar refractivity (Wildman–Crippen MR) is 117 cm³/mol. The number of carbonyl (C=O) groups is 3. The maximum atomic E-state index is 13.2. The van der Waals surface area contributed by atoms with Crippen LogP contribution in [-0.4, -0.2) is 59.4 Å². The van der Waals surface area contributed by atoms with Crippen molar-refractivity contribution in [2.24, 2.45) is 0 Å². The number of aliphatic hydroxyl groups excluding tert-OH is 1. The Bertz CT molecular complexity index is 786.